The number of hydrogen-bond acceptors (Lipinski definition) is 3. The van der Waals surface area contributed by atoms with Crippen LogP contribution in [0, 0.1) is 5.82 Å². The van der Waals surface area contributed by atoms with Gasteiger partial charge < -0.3 is 15.2 Å². The van der Waals surface area contributed by atoms with Crippen LogP contribution in [0.5, 0.6) is 5.75 Å². The number of halogens is 1. The first kappa shape index (κ1) is 17.9. The molecule has 0 bridgehead atoms. The number of aliphatic carboxylic acids is 1. The number of nitrogens with one attached hydrogen (secondary N) is 1. The predicted octanol–water partition coefficient (Wildman–Crippen LogP) is 2.99. The van der Waals surface area contributed by atoms with Gasteiger partial charge in [-0.1, -0.05) is 25.3 Å². The van der Waals surface area contributed by atoms with Gasteiger partial charge in [0.1, 0.15) is 0 Å². The normalized spacial score (nSPS) is 10.3. The van der Waals surface area contributed by atoms with E-state index < -0.39 is 17.7 Å². The fourth-order valence-electron chi connectivity index (χ4n) is 2.07. The zero-order chi connectivity index (χ0) is 16.4. The Morgan fingerprint density at radius 1 is 1.18 bits per heavy atom. The highest BCUT2D eigenvalue weighted by molar-refractivity contribution is 5.94. The Hall–Kier alpha value is -2.11. The third kappa shape index (κ3) is 6.11. The Labute approximate surface area is 129 Å². The van der Waals surface area contributed by atoms with Crippen molar-refractivity contribution in [2.75, 3.05) is 13.7 Å². The zero-order valence-electron chi connectivity index (χ0n) is 12.7. The molecule has 0 atom stereocenters. The maximum atomic E-state index is 13.9. The first-order valence-electron chi connectivity index (χ1n) is 7.38. The Balaban J connectivity index is 2.23. The first-order chi connectivity index (χ1) is 10.6. The van der Waals surface area contributed by atoms with Crippen molar-refractivity contribution in [3.63, 3.8) is 0 Å². The molecule has 0 saturated carbocycles. The highest BCUT2D eigenvalue weighted by Gasteiger charge is 2.14. The van der Waals surface area contributed by atoms with E-state index in [4.69, 9.17) is 9.84 Å². The van der Waals surface area contributed by atoms with Gasteiger partial charge >= 0.3 is 5.97 Å². The molecule has 0 spiro atoms. The van der Waals surface area contributed by atoms with Crippen molar-refractivity contribution in [2.45, 2.75) is 38.5 Å². The van der Waals surface area contributed by atoms with E-state index in [1.54, 1.807) is 6.07 Å². The summed E-state index contributed by atoms with van der Waals surface area (Å²) in [6.07, 6.45) is 4.36. The van der Waals surface area contributed by atoms with Crippen LogP contribution in [0.15, 0.2) is 18.2 Å². The molecule has 0 aliphatic heterocycles. The first-order valence-corrected chi connectivity index (χ1v) is 7.38. The van der Waals surface area contributed by atoms with Crippen LogP contribution in [0.2, 0.25) is 0 Å². The minimum absolute atomic E-state index is 0.0270. The largest absolute Gasteiger partial charge is 0.494 e. The standard InChI is InChI=1S/C16H22FNO4/c1-22-13-9-7-8-12(15(13)17)16(21)18-11-6-4-2-3-5-10-14(19)20/h7-9H,2-6,10-11H2,1H3,(H,18,21)(H,19,20). The SMILES string of the molecule is COc1cccc(C(=O)NCCCCCCCC(=O)O)c1F. The maximum absolute atomic E-state index is 13.9. The molecule has 5 nitrogen and oxygen atoms in total. The monoisotopic (exact) mass is 311 g/mol. The zero-order valence-corrected chi connectivity index (χ0v) is 12.7. The third-order valence-corrected chi connectivity index (χ3v) is 3.28. The van der Waals surface area contributed by atoms with Gasteiger partial charge in [-0.05, 0) is 25.0 Å². The quantitative estimate of drug-likeness (QED) is 0.651. The smallest absolute Gasteiger partial charge is 0.303 e. The molecule has 22 heavy (non-hydrogen) atoms. The Morgan fingerprint density at radius 2 is 1.86 bits per heavy atom. The van der Waals surface area contributed by atoms with Crippen LogP contribution >= 0.6 is 0 Å². The number of benzene rings is 1. The molecule has 1 aromatic carbocycles. The predicted molar refractivity (Wildman–Crippen MR) is 80.6 cm³/mol. The Morgan fingerprint density at radius 3 is 2.55 bits per heavy atom. The topological polar surface area (TPSA) is 75.6 Å². The molecule has 122 valence electrons. The van der Waals surface area contributed by atoms with Crippen LogP contribution in [-0.4, -0.2) is 30.6 Å². The van der Waals surface area contributed by atoms with Gasteiger partial charge in [0.2, 0.25) is 0 Å². The van der Waals surface area contributed by atoms with Crippen LogP contribution in [0.4, 0.5) is 4.39 Å². The Bertz CT molecular complexity index is 505. The number of hydrogen-bond donors (Lipinski definition) is 2. The number of carboxylic acids is 1. The fraction of sp³-hybridized carbons (Fsp3) is 0.500. The van der Waals surface area contributed by atoms with Crippen LogP contribution < -0.4 is 10.1 Å². The summed E-state index contributed by atoms with van der Waals surface area (Å²) in [4.78, 5) is 22.2. The van der Waals surface area contributed by atoms with Crippen LogP contribution in [0.25, 0.3) is 0 Å². The molecule has 6 heteroatoms. The second-order valence-electron chi connectivity index (χ2n) is 4.99. The molecule has 1 amide bonds. The molecule has 0 fully saturated rings. The lowest BCUT2D eigenvalue weighted by Gasteiger charge is -2.08. The molecule has 0 unspecified atom stereocenters. The van der Waals surface area contributed by atoms with Gasteiger partial charge in [-0.15, -0.1) is 0 Å². The van der Waals surface area contributed by atoms with E-state index in [1.807, 2.05) is 0 Å². The van der Waals surface area contributed by atoms with Crippen LogP contribution in [-0.2, 0) is 4.79 Å². The summed E-state index contributed by atoms with van der Waals surface area (Å²) in [5, 5.41) is 11.2. The van der Waals surface area contributed by atoms with Crippen LogP contribution in [0.3, 0.4) is 0 Å². The third-order valence-electron chi connectivity index (χ3n) is 3.28. The summed E-state index contributed by atoms with van der Waals surface area (Å²) < 4.78 is 18.7. The molecule has 0 saturated heterocycles. The van der Waals surface area contributed by atoms with E-state index in [0.717, 1.165) is 25.7 Å². The second-order valence-corrected chi connectivity index (χ2v) is 4.99. The van der Waals surface area contributed by atoms with E-state index >= 15 is 0 Å². The molecule has 0 radical (unpaired) electrons. The highest BCUT2D eigenvalue weighted by Crippen LogP contribution is 2.19. The highest BCUT2D eigenvalue weighted by atomic mass is 19.1. The molecule has 2 N–H and O–H groups in total. The average Bonchev–Trinajstić information content (AvgIpc) is 2.49. The van der Waals surface area contributed by atoms with Gasteiger partial charge in [-0.2, -0.15) is 0 Å². The summed E-state index contributed by atoms with van der Waals surface area (Å²) >= 11 is 0. The molecule has 0 aliphatic rings. The molecular weight excluding hydrogens is 289 g/mol. The number of amides is 1. The summed E-state index contributed by atoms with van der Waals surface area (Å²) in [7, 11) is 1.35. The van der Waals surface area contributed by atoms with E-state index in [1.165, 1.54) is 19.2 Å². The van der Waals surface area contributed by atoms with Gasteiger partial charge in [0.05, 0.1) is 12.7 Å². The summed E-state index contributed by atoms with van der Waals surface area (Å²) in [6, 6.07) is 4.45. The van der Waals surface area contributed by atoms with Gasteiger partial charge in [0.15, 0.2) is 11.6 Å². The van der Waals surface area contributed by atoms with E-state index in [2.05, 4.69) is 5.32 Å². The minimum atomic E-state index is -0.771. The second kappa shape index (κ2) is 9.76. The number of methoxy groups -OCH3 is 1. The van der Waals surface area contributed by atoms with Gasteiger partial charge in [-0.3, -0.25) is 9.59 Å². The number of carbonyl (C=O) groups is 2. The van der Waals surface area contributed by atoms with Crippen molar-refractivity contribution in [1.82, 2.24) is 5.32 Å². The van der Waals surface area contributed by atoms with Crippen molar-refractivity contribution in [2.24, 2.45) is 0 Å². The van der Waals surface area contributed by atoms with Crippen molar-refractivity contribution in [3.05, 3.63) is 29.6 Å². The lowest BCUT2D eigenvalue weighted by atomic mass is 10.1. The fourth-order valence-corrected chi connectivity index (χ4v) is 2.07. The number of ether oxygens (including phenoxy) is 1. The number of carboxylic acid groups (broad SMARTS) is 1. The van der Waals surface area contributed by atoms with Crippen molar-refractivity contribution < 1.29 is 23.8 Å². The summed E-state index contributed by atoms with van der Waals surface area (Å²) in [5.41, 5.74) is -0.0270. The molecule has 1 rings (SSSR count). The lowest BCUT2D eigenvalue weighted by Crippen LogP contribution is -2.25. The van der Waals surface area contributed by atoms with Gasteiger partial charge in [0, 0.05) is 13.0 Å². The minimum Gasteiger partial charge on any atom is -0.494 e. The number of rotatable bonds is 10. The summed E-state index contributed by atoms with van der Waals surface area (Å²) in [5.74, 6) is -1.84. The molecule has 0 aliphatic carbocycles. The van der Waals surface area contributed by atoms with Crippen LogP contribution in [0.1, 0.15) is 48.9 Å². The maximum Gasteiger partial charge on any atom is 0.303 e. The van der Waals surface area contributed by atoms with E-state index in [-0.39, 0.29) is 17.7 Å². The number of unbranched alkanes of at least 4 members (excludes halogenated alkanes) is 4. The Kier molecular flexibility index (Phi) is 7.96. The van der Waals surface area contributed by atoms with Gasteiger partial charge in [-0.25, -0.2) is 4.39 Å². The average molecular weight is 311 g/mol. The summed E-state index contributed by atoms with van der Waals surface area (Å²) in [6.45, 7) is 0.467. The van der Waals surface area contributed by atoms with Crippen molar-refractivity contribution >= 4 is 11.9 Å². The molecule has 0 aromatic heterocycles. The van der Waals surface area contributed by atoms with Crippen molar-refractivity contribution in [3.8, 4) is 5.75 Å². The number of carbonyl (C=O) groups excluding carboxylic acids is 1. The molecule has 0 heterocycles. The van der Waals surface area contributed by atoms with E-state index in [9.17, 15) is 14.0 Å². The van der Waals surface area contributed by atoms with E-state index in [0.29, 0.717) is 13.0 Å². The lowest BCUT2D eigenvalue weighted by molar-refractivity contribution is -0.137. The van der Waals surface area contributed by atoms with Gasteiger partial charge in [0.25, 0.3) is 5.91 Å². The molecular formula is C16H22FNO4. The van der Waals surface area contributed by atoms with Crippen molar-refractivity contribution in [1.29, 1.82) is 0 Å². The molecule has 1 aromatic rings.